The average Bonchev–Trinajstić information content (AvgIpc) is 3.00. The Hall–Kier alpha value is -0.730. The first-order valence-electron chi connectivity index (χ1n) is 11.6. The van der Waals surface area contributed by atoms with Crippen LogP contribution in [0.2, 0.25) is 0 Å². The van der Waals surface area contributed by atoms with Crippen molar-refractivity contribution in [3.05, 3.63) is 0 Å². The quantitative estimate of drug-likeness (QED) is 0.194. The summed E-state index contributed by atoms with van der Waals surface area (Å²) in [6.45, 7) is 6.75. The van der Waals surface area contributed by atoms with E-state index in [0.717, 1.165) is 12.8 Å². The maximum absolute atomic E-state index is 11.8. The lowest BCUT2D eigenvalue weighted by molar-refractivity contribution is 0.0748. The highest BCUT2D eigenvalue weighted by Gasteiger charge is 2.40. The standard InChI is InChI=1S/C23H44O3/c1-4-7-10-13-16-19-21-22(26-23(24)25-21)20(17-14-11-8-5-2)18-15-12-9-6-3/h20-22H,4-19H2,1-3H3/t21-,22+/m0/s1. The number of rotatable bonds is 17. The third-order valence-electron chi connectivity index (χ3n) is 5.76. The van der Waals surface area contributed by atoms with Gasteiger partial charge in [0.25, 0.3) is 0 Å². The average molecular weight is 369 g/mol. The van der Waals surface area contributed by atoms with Crippen LogP contribution >= 0.6 is 0 Å². The van der Waals surface area contributed by atoms with E-state index >= 15 is 0 Å². The predicted molar refractivity (Wildman–Crippen MR) is 110 cm³/mol. The van der Waals surface area contributed by atoms with Crippen LogP contribution in [0, 0.1) is 5.92 Å². The molecule has 2 atom stereocenters. The second-order valence-corrected chi connectivity index (χ2v) is 8.15. The summed E-state index contributed by atoms with van der Waals surface area (Å²) in [6.07, 6.45) is 19.4. The zero-order valence-corrected chi connectivity index (χ0v) is 17.8. The molecule has 0 bridgehead atoms. The Morgan fingerprint density at radius 1 is 0.692 bits per heavy atom. The molecule has 0 aromatic carbocycles. The highest BCUT2D eigenvalue weighted by Crippen LogP contribution is 2.32. The van der Waals surface area contributed by atoms with E-state index in [9.17, 15) is 4.79 Å². The molecule has 0 aliphatic carbocycles. The Kier molecular flexibility index (Phi) is 13.8. The molecule has 1 heterocycles. The Bertz CT molecular complexity index is 330. The van der Waals surface area contributed by atoms with Gasteiger partial charge >= 0.3 is 6.16 Å². The van der Waals surface area contributed by atoms with Gasteiger partial charge in [-0.25, -0.2) is 4.79 Å². The van der Waals surface area contributed by atoms with Crippen molar-refractivity contribution in [2.75, 3.05) is 0 Å². The molecule has 1 rings (SSSR count). The van der Waals surface area contributed by atoms with E-state index in [1.807, 2.05) is 0 Å². The number of ether oxygens (including phenoxy) is 2. The van der Waals surface area contributed by atoms with Crippen LogP contribution in [0.15, 0.2) is 0 Å². The number of carbonyl (C=O) groups is 1. The van der Waals surface area contributed by atoms with Crippen molar-refractivity contribution >= 4 is 6.16 Å². The van der Waals surface area contributed by atoms with Crippen LogP contribution in [0.25, 0.3) is 0 Å². The Balaban J connectivity index is 2.50. The molecule has 1 saturated heterocycles. The molecule has 0 spiro atoms. The Morgan fingerprint density at radius 3 is 1.73 bits per heavy atom. The second kappa shape index (κ2) is 15.3. The minimum absolute atomic E-state index is 0.00284. The third-order valence-corrected chi connectivity index (χ3v) is 5.76. The molecule has 0 amide bonds. The highest BCUT2D eigenvalue weighted by molar-refractivity contribution is 5.62. The molecule has 3 nitrogen and oxygen atoms in total. The number of carbonyl (C=O) groups excluding carboxylic acids is 1. The number of hydrogen-bond acceptors (Lipinski definition) is 3. The van der Waals surface area contributed by atoms with Gasteiger partial charge in [-0.05, 0) is 31.6 Å². The van der Waals surface area contributed by atoms with E-state index in [0.29, 0.717) is 5.92 Å². The first kappa shape index (κ1) is 23.3. The van der Waals surface area contributed by atoms with E-state index in [2.05, 4.69) is 20.8 Å². The van der Waals surface area contributed by atoms with Crippen molar-refractivity contribution in [2.24, 2.45) is 5.92 Å². The van der Waals surface area contributed by atoms with E-state index in [-0.39, 0.29) is 12.2 Å². The molecule has 154 valence electrons. The summed E-state index contributed by atoms with van der Waals surface area (Å²) in [4.78, 5) is 11.8. The van der Waals surface area contributed by atoms with Gasteiger partial charge in [0.2, 0.25) is 0 Å². The van der Waals surface area contributed by atoms with Crippen molar-refractivity contribution in [3.8, 4) is 0 Å². The number of hydrogen-bond donors (Lipinski definition) is 0. The number of unbranched alkanes of at least 4 members (excludes halogenated alkanes) is 10. The summed E-state index contributed by atoms with van der Waals surface area (Å²) >= 11 is 0. The van der Waals surface area contributed by atoms with E-state index in [1.165, 1.54) is 89.9 Å². The van der Waals surface area contributed by atoms with Crippen molar-refractivity contribution in [3.63, 3.8) is 0 Å². The summed E-state index contributed by atoms with van der Waals surface area (Å²) in [5.74, 6) is 0.482. The van der Waals surface area contributed by atoms with Gasteiger partial charge < -0.3 is 9.47 Å². The van der Waals surface area contributed by atoms with Gasteiger partial charge in [-0.15, -0.1) is 0 Å². The van der Waals surface area contributed by atoms with E-state index in [4.69, 9.17) is 9.47 Å². The fourth-order valence-corrected chi connectivity index (χ4v) is 4.12. The molecule has 1 aliphatic heterocycles. The summed E-state index contributed by atoms with van der Waals surface area (Å²) < 4.78 is 11.2. The largest absolute Gasteiger partial charge is 0.509 e. The Labute approximate surface area is 162 Å². The van der Waals surface area contributed by atoms with Gasteiger partial charge in [0.05, 0.1) is 0 Å². The van der Waals surface area contributed by atoms with Gasteiger partial charge in [-0.2, -0.15) is 0 Å². The highest BCUT2D eigenvalue weighted by atomic mass is 16.8. The lowest BCUT2D eigenvalue weighted by Crippen LogP contribution is -2.31. The summed E-state index contributed by atoms with van der Waals surface area (Å²) in [5, 5.41) is 0. The second-order valence-electron chi connectivity index (χ2n) is 8.15. The molecule has 0 N–H and O–H groups in total. The molecule has 0 radical (unpaired) electrons. The lowest BCUT2D eigenvalue weighted by Gasteiger charge is -2.25. The first-order valence-corrected chi connectivity index (χ1v) is 11.6. The minimum Gasteiger partial charge on any atom is -0.427 e. The van der Waals surface area contributed by atoms with Crippen molar-refractivity contribution in [1.82, 2.24) is 0 Å². The fourth-order valence-electron chi connectivity index (χ4n) is 4.12. The SMILES string of the molecule is CCCCCCC[C@@H]1OC(=O)O[C@@H]1C(CCCCCC)CCCCCC. The third kappa shape index (κ3) is 9.83. The van der Waals surface area contributed by atoms with E-state index < -0.39 is 6.16 Å². The normalized spacial score (nSPS) is 19.8. The van der Waals surface area contributed by atoms with Gasteiger partial charge in [0, 0.05) is 0 Å². The summed E-state index contributed by atoms with van der Waals surface area (Å²) in [5.41, 5.74) is 0. The molecule has 1 aliphatic rings. The van der Waals surface area contributed by atoms with Gasteiger partial charge in [-0.1, -0.05) is 97.8 Å². The van der Waals surface area contributed by atoms with Gasteiger partial charge in [0.1, 0.15) is 12.2 Å². The van der Waals surface area contributed by atoms with Crippen molar-refractivity contribution in [1.29, 1.82) is 0 Å². The molecule has 3 heteroatoms. The van der Waals surface area contributed by atoms with Crippen LogP contribution in [0.1, 0.15) is 124 Å². The van der Waals surface area contributed by atoms with Crippen molar-refractivity contribution < 1.29 is 14.3 Å². The molecular formula is C23H44O3. The van der Waals surface area contributed by atoms with Crippen LogP contribution in [-0.2, 0) is 9.47 Å². The van der Waals surface area contributed by atoms with Crippen molar-refractivity contribution in [2.45, 2.75) is 136 Å². The van der Waals surface area contributed by atoms with Crippen LogP contribution < -0.4 is 0 Å². The summed E-state index contributed by atoms with van der Waals surface area (Å²) in [6, 6.07) is 0. The maximum atomic E-state index is 11.8. The predicted octanol–water partition coefficient (Wildman–Crippen LogP) is 7.81. The molecule has 1 fully saturated rings. The monoisotopic (exact) mass is 368 g/mol. The van der Waals surface area contributed by atoms with Gasteiger partial charge in [-0.3, -0.25) is 0 Å². The smallest absolute Gasteiger partial charge is 0.427 e. The molecule has 26 heavy (non-hydrogen) atoms. The van der Waals surface area contributed by atoms with E-state index in [1.54, 1.807) is 0 Å². The van der Waals surface area contributed by atoms with Crippen LogP contribution in [0.4, 0.5) is 4.79 Å². The first-order chi connectivity index (χ1) is 12.7. The fraction of sp³-hybridized carbons (Fsp3) is 0.957. The molecule has 0 unspecified atom stereocenters. The molecule has 0 aromatic rings. The number of cyclic esters (lactones) is 2. The topological polar surface area (TPSA) is 35.5 Å². The molecule has 0 aromatic heterocycles. The minimum atomic E-state index is -0.430. The maximum Gasteiger partial charge on any atom is 0.509 e. The van der Waals surface area contributed by atoms with Gasteiger partial charge in [0.15, 0.2) is 0 Å². The summed E-state index contributed by atoms with van der Waals surface area (Å²) in [7, 11) is 0. The lowest BCUT2D eigenvalue weighted by atomic mass is 9.86. The van der Waals surface area contributed by atoms with Crippen LogP contribution in [0.3, 0.4) is 0 Å². The zero-order valence-electron chi connectivity index (χ0n) is 17.8. The zero-order chi connectivity index (χ0) is 19.0. The Morgan fingerprint density at radius 2 is 1.19 bits per heavy atom. The molecule has 0 saturated carbocycles. The molecular weight excluding hydrogens is 324 g/mol. The van der Waals surface area contributed by atoms with Crippen LogP contribution in [-0.4, -0.2) is 18.4 Å². The van der Waals surface area contributed by atoms with Crippen LogP contribution in [0.5, 0.6) is 0 Å².